The molecular formula is C11H18N2O2. The van der Waals surface area contributed by atoms with Crippen molar-refractivity contribution in [3.63, 3.8) is 0 Å². The third-order valence-electron chi connectivity index (χ3n) is 3.43. The van der Waals surface area contributed by atoms with Crippen molar-refractivity contribution in [1.29, 1.82) is 0 Å². The Balaban J connectivity index is 1.97. The molecule has 2 rings (SSSR count). The first-order valence-electron chi connectivity index (χ1n) is 5.80. The Labute approximate surface area is 90.0 Å². The summed E-state index contributed by atoms with van der Waals surface area (Å²) in [6.45, 7) is 4.15. The fraction of sp³-hybridized carbons (Fsp3) is 0.818. The predicted octanol–water partition coefficient (Wildman–Crippen LogP) is 0.381. The van der Waals surface area contributed by atoms with E-state index in [1.807, 2.05) is 6.92 Å². The monoisotopic (exact) mass is 210 g/mol. The number of piperidine rings is 1. The molecule has 1 saturated carbocycles. The molecule has 2 unspecified atom stereocenters. The molecule has 2 aliphatic rings. The van der Waals surface area contributed by atoms with Crippen molar-refractivity contribution in [2.45, 2.75) is 26.2 Å². The zero-order valence-electron chi connectivity index (χ0n) is 9.16. The van der Waals surface area contributed by atoms with Crippen molar-refractivity contribution in [3.8, 4) is 0 Å². The third kappa shape index (κ3) is 1.91. The van der Waals surface area contributed by atoms with E-state index in [-0.39, 0.29) is 23.7 Å². The summed E-state index contributed by atoms with van der Waals surface area (Å²) >= 11 is 0. The van der Waals surface area contributed by atoms with Crippen LogP contribution in [0.15, 0.2) is 0 Å². The number of carbonyl (C=O) groups excluding carboxylic acids is 2. The normalized spacial score (nSPS) is 30.1. The highest BCUT2D eigenvalue weighted by atomic mass is 16.2. The summed E-state index contributed by atoms with van der Waals surface area (Å²) in [5.74, 6) is 0.391. The molecule has 1 N–H and O–H groups in total. The molecule has 15 heavy (non-hydrogen) atoms. The van der Waals surface area contributed by atoms with Gasteiger partial charge in [0.25, 0.3) is 0 Å². The molecule has 0 spiro atoms. The van der Waals surface area contributed by atoms with Crippen LogP contribution in [0.2, 0.25) is 0 Å². The average Bonchev–Trinajstić information content (AvgIpc) is 2.67. The van der Waals surface area contributed by atoms with Crippen molar-refractivity contribution in [2.75, 3.05) is 19.6 Å². The molecule has 0 radical (unpaired) electrons. The van der Waals surface area contributed by atoms with Crippen LogP contribution in [0.25, 0.3) is 0 Å². The maximum Gasteiger partial charge on any atom is 0.232 e. The van der Waals surface area contributed by atoms with Gasteiger partial charge in [-0.05, 0) is 25.8 Å². The van der Waals surface area contributed by atoms with Gasteiger partial charge >= 0.3 is 0 Å². The minimum Gasteiger partial charge on any atom is -0.315 e. The number of hydrogen-bond acceptors (Lipinski definition) is 3. The second kappa shape index (κ2) is 4.31. The van der Waals surface area contributed by atoms with Gasteiger partial charge < -0.3 is 5.32 Å². The number of imide groups is 1. The number of likely N-dealkylation sites (N-methyl/N-ethyl adjacent to an activating group) is 1. The molecular weight excluding hydrogens is 192 g/mol. The SMILES string of the molecule is CCNCCN1C(=O)C2CCC(C2)C1=O. The largest absolute Gasteiger partial charge is 0.315 e. The van der Waals surface area contributed by atoms with Gasteiger partial charge in [-0.25, -0.2) is 0 Å². The lowest BCUT2D eigenvalue weighted by molar-refractivity contribution is -0.152. The van der Waals surface area contributed by atoms with Crippen molar-refractivity contribution >= 4 is 11.8 Å². The lowest BCUT2D eigenvalue weighted by Gasteiger charge is -2.29. The highest BCUT2D eigenvalue weighted by Crippen LogP contribution is 2.37. The van der Waals surface area contributed by atoms with Gasteiger partial charge in [-0.3, -0.25) is 14.5 Å². The highest BCUT2D eigenvalue weighted by Gasteiger charge is 2.44. The van der Waals surface area contributed by atoms with Gasteiger partial charge in [0, 0.05) is 24.9 Å². The molecule has 4 heteroatoms. The molecule has 0 aromatic heterocycles. The Morgan fingerprint density at radius 3 is 2.40 bits per heavy atom. The van der Waals surface area contributed by atoms with Crippen molar-refractivity contribution in [3.05, 3.63) is 0 Å². The summed E-state index contributed by atoms with van der Waals surface area (Å²) in [5.41, 5.74) is 0. The van der Waals surface area contributed by atoms with Gasteiger partial charge in [0.15, 0.2) is 0 Å². The van der Waals surface area contributed by atoms with Crippen molar-refractivity contribution in [2.24, 2.45) is 11.8 Å². The fourth-order valence-electron chi connectivity index (χ4n) is 2.57. The minimum absolute atomic E-state index is 0.0617. The molecule has 1 saturated heterocycles. The van der Waals surface area contributed by atoms with E-state index >= 15 is 0 Å². The molecule has 2 atom stereocenters. The number of likely N-dealkylation sites (tertiary alicyclic amines) is 1. The Bertz CT molecular complexity index is 256. The van der Waals surface area contributed by atoms with Crippen LogP contribution in [0.3, 0.4) is 0 Å². The van der Waals surface area contributed by atoms with E-state index in [4.69, 9.17) is 0 Å². The fourth-order valence-corrected chi connectivity index (χ4v) is 2.57. The summed E-state index contributed by atoms with van der Waals surface area (Å²) in [6.07, 6.45) is 2.62. The molecule has 2 bridgehead atoms. The number of hydrogen-bond donors (Lipinski definition) is 1. The van der Waals surface area contributed by atoms with Crippen LogP contribution in [0.4, 0.5) is 0 Å². The molecule has 84 valence electrons. The van der Waals surface area contributed by atoms with E-state index < -0.39 is 0 Å². The van der Waals surface area contributed by atoms with Crippen LogP contribution < -0.4 is 5.32 Å². The number of fused-ring (bicyclic) bond motifs is 2. The minimum atomic E-state index is 0.0617. The second-order valence-electron chi connectivity index (χ2n) is 4.39. The maximum absolute atomic E-state index is 11.9. The zero-order valence-corrected chi connectivity index (χ0v) is 9.16. The number of amides is 2. The standard InChI is InChI=1S/C11H18N2O2/c1-2-12-5-6-13-10(14)8-3-4-9(7-8)11(13)15/h8-9,12H,2-7H2,1H3. The molecule has 0 aromatic carbocycles. The summed E-state index contributed by atoms with van der Waals surface area (Å²) in [6, 6.07) is 0. The van der Waals surface area contributed by atoms with Gasteiger partial charge in [0.2, 0.25) is 11.8 Å². The van der Waals surface area contributed by atoms with Gasteiger partial charge in [0.1, 0.15) is 0 Å². The Kier molecular flexibility index (Phi) is 3.05. The van der Waals surface area contributed by atoms with E-state index in [0.29, 0.717) is 13.1 Å². The Morgan fingerprint density at radius 2 is 1.87 bits per heavy atom. The summed E-state index contributed by atoms with van der Waals surface area (Å²) in [4.78, 5) is 25.2. The zero-order chi connectivity index (χ0) is 10.8. The smallest absolute Gasteiger partial charge is 0.232 e. The molecule has 2 fully saturated rings. The lowest BCUT2D eigenvalue weighted by Crippen LogP contribution is -2.48. The van der Waals surface area contributed by atoms with Crippen LogP contribution in [0, 0.1) is 11.8 Å². The van der Waals surface area contributed by atoms with Crippen molar-refractivity contribution < 1.29 is 9.59 Å². The quantitative estimate of drug-likeness (QED) is 0.539. The van der Waals surface area contributed by atoms with Crippen LogP contribution >= 0.6 is 0 Å². The summed E-state index contributed by atoms with van der Waals surface area (Å²) in [7, 11) is 0. The van der Waals surface area contributed by atoms with Crippen molar-refractivity contribution in [1.82, 2.24) is 10.2 Å². The van der Waals surface area contributed by atoms with Gasteiger partial charge in [-0.1, -0.05) is 6.92 Å². The lowest BCUT2D eigenvalue weighted by atomic mass is 9.97. The number of nitrogens with one attached hydrogen (secondary N) is 1. The molecule has 1 heterocycles. The van der Waals surface area contributed by atoms with Crippen LogP contribution in [-0.2, 0) is 9.59 Å². The molecule has 0 aromatic rings. The first-order valence-corrected chi connectivity index (χ1v) is 5.80. The summed E-state index contributed by atoms with van der Waals surface area (Å²) in [5, 5.41) is 3.14. The molecule has 1 aliphatic heterocycles. The first-order chi connectivity index (χ1) is 7.24. The maximum atomic E-state index is 11.9. The second-order valence-corrected chi connectivity index (χ2v) is 4.39. The van der Waals surface area contributed by atoms with Gasteiger partial charge in [-0.15, -0.1) is 0 Å². The van der Waals surface area contributed by atoms with Crippen LogP contribution in [-0.4, -0.2) is 36.3 Å². The highest BCUT2D eigenvalue weighted by molar-refractivity contribution is 6.00. The molecule has 2 amide bonds. The first kappa shape index (κ1) is 10.6. The van der Waals surface area contributed by atoms with Crippen LogP contribution in [0.5, 0.6) is 0 Å². The Morgan fingerprint density at radius 1 is 1.27 bits per heavy atom. The van der Waals surface area contributed by atoms with E-state index in [2.05, 4.69) is 5.32 Å². The predicted molar refractivity (Wildman–Crippen MR) is 56.1 cm³/mol. The van der Waals surface area contributed by atoms with Gasteiger partial charge in [-0.2, -0.15) is 0 Å². The van der Waals surface area contributed by atoms with Gasteiger partial charge in [0.05, 0.1) is 0 Å². The summed E-state index contributed by atoms with van der Waals surface area (Å²) < 4.78 is 0. The molecule has 1 aliphatic carbocycles. The van der Waals surface area contributed by atoms with E-state index in [0.717, 1.165) is 25.8 Å². The van der Waals surface area contributed by atoms with Crippen LogP contribution in [0.1, 0.15) is 26.2 Å². The number of nitrogens with zero attached hydrogens (tertiary/aromatic N) is 1. The third-order valence-corrected chi connectivity index (χ3v) is 3.43. The topological polar surface area (TPSA) is 49.4 Å². The van der Waals surface area contributed by atoms with E-state index in [1.54, 1.807) is 0 Å². The van der Waals surface area contributed by atoms with E-state index in [1.165, 1.54) is 4.90 Å². The number of rotatable bonds is 4. The van der Waals surface area contributed by atoms with E-state index in [9.17, 15) is 9.59 Å². The average molecular weight is 210 g/mol. The molecule has 4 nitrogen and oxygen atoms in total. The number of carbonyl (C=O) groups is 2. The Hall–Kier alpha value is -0.900.